The molecule has 2 aromatic rings. The molecule has 1 aliphatic heterocycles. The summed E-state index contributed by atoms with van der Waals surface area (Å²) in [6.45, 7) is 8.36. The molecular weight excluding hydrogens is 344 g/mol. The van der Waals surface area contributed by atoms with Crippen LogP contribution in [0.15, 0.2) is 47.4 Å². The van der Waals surface area contributed by atoms with E-state index in [9.17, 15) is 9.59 Å². The van der Waals surface area contributed by atoms with Crippen molar-refractivity contribution in [2.75, 3.05) is 10.6 Å². The molecule has 3 rings (SSSR count). The second-order valence-corrected chi connectivity index (χ2v) is 8.84. The highest BCUT2D eigenvalue weighted by Crippen LogP contribution is 2.37. The summed E-state index contributed by atoms with van der Waals surface area (Å²) in [5.74, 6) is -0.262. The Bertz CT molecular complexity index is 855. The highest BCUT2D eigenvalue weighted by Gasteiger charge is 2.29. The van der Waals surface area contributed by atoms with Crippen LogP contribution in [0, 0.1) is 6.92 Å². The number of anilines is 2. The van der Waals surface area contributed by atoms with Gasteiger partial charge in [-0.1, -0.05) is 51.1 Å². The lowest BCUT2D eigenvalue weighted by atomic mass is 9.84. The van der Waals surface area contributed by atoms with Crippen molar-refractivity contribution in [3.05, 3.63) is 53.6 Å². The normalized spacial score (nSPS) is 16.6. The van der Waals surface area contributed by atoms with Gasteiger partial charge in [-0.3, -0.25) is 9.59 Å². The van der Waals surface area contributed by atoms with E-state index in [1.807, 2.05) is 49.4 Å². The van der Waals surface area contributed by atoms with Gasteiger partial charge in [-0.2, -0.15) is 0 Å². The summed E-state index contributed by atoms with van der Waals surface area (Å²) in [4.78, 5) is 26.0. The Hall–Kier alpha value is -2.27. The SMILES string of the molecule is Cc1cccc(C(C)(C)C)c1NC(=O)C[C@H]1Sc2ccccc2NC1=O. The summed E-state index contributed by atoms with van der Waals surface area (Å²) < 4.78 is 0. The Balaban J connectivity index is 1.76. The first-order chi connectivity index (χ1) is 12.3. The van der Waals surface area contributed by atoms with Gasteiger partial charge in [0.2, 0.25) is 11.8 Å². The molecule has 0 aliphatic carbocycles. The number of aryl methyl sites for hydroxylation is 1. The minimum Gasteiger partial charge on any atom is -0.326 e. The van der Waals surface area contributed by atoms with Crippen molar-refractivity contribution >= 4 is 35.0 Å². The maximum atomic E-state index is 12.7. The Morgan fingerprint density at radius 3 is 2.62 bits per heavy atom. The van der Waals surface area contributed by atoms with E-state index in [0.717, 1.165) is 27.4 Å². The average molecular weight is 369 g/mol. The van der Waals surface area contributed by atoms with Gasteiger partial charge < -0.3 is 10.6 Å². The molecule has 0 saturated carbocycles. The number of benzene rings is 2. The van der Waals surface area contributed by atoms with Crippen molar-refractivity contribution in [1.29, 1.82) is 0 Å². The summed E-state index contributed by atoms with van der Waals surface area (Å²) in [6, 6.07) is 13.7. The maximum absolute atomic E-state index is 12.7. The van der Waals surface area contributed by atoms with Gasteiger partial charge in [0.15, 0.2) is 0 Å². The molecule has 2 N–H and O–H groups in total. The van der Waals surface area contributed by atoms with Crippen LogP contribution in [0.3, 0.4) is 0 Å². The van der Waals surface area contributed by atoms with Crippen LogP contribution in [-0.4, -0.2) is 17.1 Å². The van der Waals surface area contributed by atoms with E-state index in [1.165, 1.54) is 11.8 Å². The number of nitrogens with one attached hydrogen (secondary N) is 2. The lowest BCUT2D eigenvalue weighted by molar-refractivity contribution is -0.120. The molecule has 0 radical (unpaired) electrons. The van der Waals surface area contributed by atoms with Crippen LogP contribution >= 0.6 is 11.8 Å². The molecule has 0 fully saturated rings. The summed E-state index contributed by atoms with van der Waals surface area (Å²) in [7, 11) is 0. The topological polar surface area (TPSA) is 58.2 Å². The molecule has 0 aromatic heterocycles. The fourth-order valence-corrected chi connectivity index (χ4v) is 4.15. The molecular formula is C21H24N2O2S. The number of amides is 2. The molecule has 4 nitrogen and oxygen atoms in total. The largest absolute Gasteiger partial charge is 0.326 e. The van der Waals surface area contributed by atoms with Gasteiger partial charge >= 0.3 is 0 Å². The highest BCUT2D eigenvalue weighted by atomic mass is 32.2. The molecule has 1 heterocycles. The minimum atomic E-state index is -0.424. The number of carbonyl (C=O) groups excluding carboxylic acids is 2. The third kappa shape index (κ3) is 3.93. The van der Waals surface area contributed by atoms with Gasteiger partial charge in [-0.05, 0) is 35.6 Å². The third-order valence-corrected chi connectivity index (χ3v) is 5.70. The van der Waals surface area contributed by atoms with E-state index in [0.29, 0.717) is 0 Å². The first-order valence-electron chi connectivity index (χ1n) is 8.72. The first-order valence-corrected chi connectivity index (χ1v) is 9.60. The highest BCUT2D eigenvalue weighted by molar-refractivity contribution is 8.01. The number of thioether (sulfide) groups is 1. The molecule has 136 valence electrons. The molecule has 0 spiro atoms. The van der Waals surface area contributed by atoms with Crippen molar-refractivity contribution in [2.45, 2.75) is 49.7 Å². The fraction of sp³-hybridized carbons (Fsp3) is 0.333. The molecule has 26 heavy (non-hydrogen) atoms. The number of carbonyl (C=O) groups is 2. The van der Waals surface area contributed by atoms with Crippen molar-refractivity contribution in [3.8, 4) is 0 Å². The van der Waals surface area contributed by atoms with Crippen LogP contribution in [0.2, 0.25) is 0 Å². The summed E-state index contributed by atoms with van der Waals surface area (Å²) in [5.41, 5.74) is 3.71. The zero-order chi connectivity index (χ0) is 18.9. The van der Waals surface area contributed by atoms with E-state index >= 15 is 0 Å². The summed E-state index contributed by atoms with van der Waals surface area (Å²) in [5, 5.41) is 5.51. The minimum absolute atomic E-state index is 0.0788. The van der Waals surface area contributed by atoms with E-state index in [1.54, 1.807) is 0 Å². The van der Waals surface area contributed by atoms with Gasteiger partial charge in [-0.25, -0.2) is 0 Å². The Morgan fingerprint density at radius 1 is 1.15 bits per heavy atom. The lowest BCUT2D eigenvalue weighted by Crippen LogP contribution is -2.32. The molecule has 5 heteroatoms. The molecule has 2 aromatic carbocycles. The molecule has 1 atom stereocenters. The van der Waals surface area contributed by atoms with Gasteiger partial charge in [0.05, 0.1) is 10.9 Å². The second kappa shape index (κ2) is 7.16. The number of rotatable bonds is 3. The van der Waals surface area contributed by atoms with E-state index in [2.05, 4.69) is 31.4 Å². The lowest BCUT2D eigenvalue weighted by Gasteiger charge is -2.26. The zero-order valence-corrected chi connectivity index (χ0v) is 16.4. The predicted molar refractivity (Wildman–Crippen MR) is 108 cm³/mol. The Labute approximate surface area is 158 Å². The molecule has 1 aliphatic rings. The Morgan fingerprint density at radius 2 is 1.88 bits per heavy atom. The van der Waals surface area contributed by atoms with Gasteiger partial charge in [-0.15, -0.1) is 11.8 Å². The standard InChI is InChI=1S/C21H24N2O2S/c1-13-8-7-9-14(21(2,3)4)19(13)23-18(24)12-17-20(25)22-15-10-5-6-11-16(15)26-17/h5-11,17H,12H2,1-4H3,(H,22,25)(H,23,24)/t17-/m1/s1. The smallest absolute Gasteiger partial charge is 0.238 e. The van der Waals surface area contributed by atoms with Crippen molar-refractivity contribution in [3.63, 3.8) is 0 Å². The third-order valence-electron chi connectivity index (χ3n) is 4.42. The van der Waals surface area contributed by atoms with Crippen molar-refractivity contribution in [2.24, 2.45) is 0 Å². The molecule has 0 bridgehead atoms. The number of para-hydroxylation sites is 2. The van der Waals surface area contributed by atoms with E-state index in [4.69, 9.17) is 0 Å². The summed E-state index contributed by atoms with van der Waals surface area (Å²) in [6.07, 6.45) is 0.142. The molecule has 0 saturated heterocycles. The number of hydrogen-bond donors (Lipinski definition) is 2. The zero-order valence-electron chi connectivity index (χ0n) is 15.6. The molecule has 2 amide bonds. The average Bonchev–Trinajstić information content (AvgIpc) is 2.56. The summed E-state index contributed by atoms with van der Waals surface area (Å²) >= 11 is 1.45. The van der Waals surface area contributed by atoms with E-state index < -0.39 is 5.25 Å². The molecule has 0 unspecified atom stereocenters. The quantitative estimate of drug-likeness (QED) is 0.823. The van der Waals surface area contributed by atoms with Crippen LogP contribution in [0.5, 0.6) is 0 Å². The maximum Gasteiger partial charge on any atom is 0.238 e. The first kappa shape index (κ1) is 18.5. The van der Waals surface area contributed by atoms with Gasteiger partial charge in [0.1, 0.15) is 0 Å². The van der Waals surface area contributed by atoms with E-state index in [-0.39, 0.29) is 23.7 Å². The monoisotopic (exact) mass is 368 g/mol. The predicted octanol–water partition coefficient (Wildman–Crippen LogP) is 4.73. The van der Waals surface area contributed by atoms with Crippen LogP contribution in [0.1, 0.15) is 38.3 Å². The number of hydrogen-bond acceptors (Lipinski definition) is 3. The van der Waals surface area contributed by atoms with Crippen molar-refractivity contribution < 1.29 is 9.59 Å². The second-order valence-electron chi connectivity index (χ2n) is 7.59. The van der Waals surface area contributed by atoms with Crippen molar-refractivity contribution in [1.82, 2.24) is 0 Å². The van der Waals surface area contributed by atoms with Gasteiger partial charge in [0.25, 0.3) is 0 Å². The van der Waals surface area contributed by atoms with Gasteiger partial charge in [0, 0.05) is 17.0 Å². The van der Waals surface area contributed by atoms with Crippen LogP contribution in [-0.2, 0) is 15.0 Å². The van der Waals surface area contributed by atoms with Crippen LogP contribution < -0.4 is 10.6 Å². The Kier molecular flexibility index (Phi) is 5.10. The fourth-order valence-electron chi connectivity index (χ4n) is 3.04. The number of fused-ring (bicyclic) bond motifs is 1. The van der Waals surface area contributed by atoms with Crippen LogP contribution in [0.4, 0.5) is 11.4 Å². The van der Waals surface area contributed by atoms with Crippen LogP contribution in [0.25, 0.3) is 0 Å².